The molecule has 3 rings (SSSR count). The number of hydrogen-bond acceptors (Lipinski definition) is 2. The van der Waals surface area contributed by atoms with Crippen LogP contribution >= 0.6 is 0 Å². The Kier molecular flexibility index (Phi) is 3.35. The topological polar surface area (TPSA) is 26.3 Å². The van der Waals surface area contributed by atoms with Gasteiger partial charge in [-0.25, -0.2) is 0 Å². The van der Waals surface area contributed by atoms with Crippen LogP contribution in [0, 0.1) is 17.3 Å². The molecule has 2 nitrogen and oxygen atoms in total. The number of aryl methyl sites for hydroxylation is 1. The van der Waals surface area contributed by atoms with Crippen molar-refractivity contribution in [3.8, 4) is 5.75 Å². The third-order valence-corrected chi connectivity index (χ3v) is 5.58. The van der Waals surface area contributed by atoms with Gasteiger partial charge in [0.05, 0.1) is 7.11 Å². The summed E-state index contributed by atoms with van der Waals surface area (Å²) in [5.74, 6) is 2.64. The number of ketones is 1. The number of fused-ring (bicyclic) bond motifs is 1. The van der Waals surface area contributed by atoms with Gasteiger partial charge < -0.3 is 4.74 Å². The van der Waals surface area contributed by atoms with Crippen LogP contribution in [0.25, 0.3) is 0 Å². The summed E-state index contributed by atoms with van der Waals surface area (Å²) in [5, 5.41) is 0. The fourth-order valence-corrected chi connectivity index (χ4v) is 4.23. The number of ether oxygens (including phenoxy) is 1. The minimum absolute atomic E-state index is 0.116. The Hall–Kier alpha value is -1.31. The summed E-state index contributed by atoms with van der Waals surface area (Å²) in [6, 6.07) is 6.45. The van der Waals surface area contributed by atoms with Crippen molar-refractivity contribution in [3.05, 3.63) is 29.3 Å². The fourth-order valence-electron chi connectivity index (χ4n) is 4.23. The first kappa shape index (κ1) is 13.7. The zero-order valence-electron chi connectivity index (χ0n) is 12.7. The van der Waals surface area contributed by atoms with Gasteiger partial charge in [0, 0.05) is 11.8 Å². The van der Waals surface area contributed by atoms with E-state index in [1.165, 1.54) is 17.5 Å². The zero-order valence-corrected chi connectivity index (χ0v) is 12.7. The molecular formula is C18H24O2. The minimum Gasteiger partial charge on any atom is -0.497 e. The van der Waals surface area contributed by atoms with Crippen LogP contribution in [0.15, 0.2) is 18.2 Å². The van der Waals surface area contributed by atoms with Gasteiger partial charge in [-0.15, -0.1) is 0 Å². The zero-order chi connectivity index (χ0) is 14.3. The highest BCUT2D eigenvalue weighted by molar-refractivity contribution is 5.86. The lowest BCUT2D eigenvalue weighted by Gasteiger charge is -2.36. The molecule has 0 aromatic heterocycles. The second kappa shape index (κ2) is 4.91. The van der Waals surface area contributed by atoms with Gasteiger partial charge >= 0.3 is 0 Å². The Morgan fingerprint density at radius 2 is 1.95 bits per heavy atom. The standard InChI is InChI=1S/C18H24O2/c1-18(2)16(8-9-17(18)19)14-5-4-13-11-15(20-3)7-6-12(13)10-14/h6-7,11,14,16H,4-5,8-10H2,1-3H3. The van der Waals surface area contributed by atoms with Gasteiger partial charge in [0.1, 0.15) is 11.5 Å². The monoisotopic (exact) mass is 272 g/mol. The van der Waals surface area contributed by atoms with Crippen molar-refractivity contribution in [2.45, 2.75) is 46.0 Å². The van der Waals surface area contributed by atoms with Gasteiger partial charge in [-0.2, -0.15) is 0 Å². The van der Waals surface area contributed by atoms with Crippen LogP contribution in [0.1, 0.15) is 44.2 Å². The van der Waals surface area contributed by atoms with Crippen LogP contribution in [0.3, 0.4) is 0 Å². The number of hydrogen-bond donors (Lipinski definition) is 0. The first-order chi connectivity index (χ1) is 9.52. The third-order valence-electron chi connectivity index (χ3n) is 5.58. The molecule has 1 saturated carbocycles. The number of methoxy groups -OCH3 is 1. The predicted octanol–water partition coefficient (Wildman–Crippen LogP) is 3.81. The summed E-state index contributed by atoms with van der Waals surface area (Å²) in [6.45, 7) is 4.30. The normalized spacial score (nSPS) is 28.2. The van der Waals surface area contributed by atoms with Crippen molar-refractivity contribution in [2.75, 3.05) is 7.11 Å². The minimum atomic E-state index is -0.116. The highest BCUT2D eigenvalue weighted by Crippen LogP contribution is 2.47. The van der Waals surface area contributed by atoms with Gasteiger partial charge in [-0.05, 0) is 60.8 Å². The van der Waals surface area contributed by atoms with E-state index in [1.807, 2.05) is 0 Å². The summed E-state index contributed by atoms with van der Waals surface area (Å²) >= 11 is 0. The van der Waals surface area contributed by atoms with E-state index in [0.29, 0.717) is 17.6 Å². The first-order valence-corrected chi connectivity index (χ1v) is 7.71. The highest BCUT2D eigenvalue weighted by Gasteiger charge is 2.45. The smallest absolute Gasteiger partial charge is 0.138 e. The molecule has 0 N–H and O–H groups in total. The van der Waals surface area contributed by atoms with Crippen LogP contribution in [-0.4, -0.2) is 12.9 Å². The molecule has 1 fully saturated rings. The second-order valence-electron chi connectivity index (χ2n) is 6.93. The largest absolute Gasteiger partial charge is 0.497 e. The molecule has 2 heteroatoms. The van der Waals surface area contributed by atoms with Crippen molar-refractivity contribution < 1.29 is 9.53 Å². The van der Waals surface area contributed by atoms with Crippen LogP contribution in [-0.2, 0) is 17.6 Å². The van der Waals surface area contributed by atoms with E-state index in [0.717, 1.165) is 31.4 Å². The molecule has 2 aliphatic rings. The molecule has 0 bridgehead atoms. The molecule has 1 aromatic rings. The molecular weight excluding hydrogens is 248 g/mol. The molecule has 2 aliphatic carbocycles. The molecule has 0 amide bonds. The first-order valence-electron chi connectivity index (χ1n) is 7.71. The van der Waals surface area contributed by atoms with Crippen molar-refractivity contribution in [3.63, 3.8) is 0 Å². The number of benzene rings is 1. The van der Waals surface area contributed by atoms with E-state index in [1.54, 1.807) is 7.11 Å². The van der Waals surface area contributed by atoms with Crippen LogP contribution in [0.5, 0.6) is 5.75 Å². The Bertz CT molecular complexity index is 530. The van der Waals surface area contributed by atoms with E-state index < -0.39 is 0 Å². The van der Waals surface area contributed by atoms with Crippen LogP contribution in [0.2, 0.25) is 0 Å². The Morgan fingerprint density at radius 1 is 1.15 bits per heavy atom. The lowest BCUT2D eigenvalue weighted by Crippen LogP contribution is -2.33. The third kappa shape index (κ3) is 2.15. The second-order valence-corrected chi connectivity index (χ2v) is 6.93. The lowest BCUT2D eigenvalue weighted by atomic mass is 9.68. The van der Waals surface area contributed by atoms with Gasteiger partial charge in [0.25, 0.3) is 0 Å². The Labute approximate surface area is 121 Å². The number of Topliss-reactive ketones (excluding diaryl/α,β-unsaturated/α-hetero) is 1. The highest BCUT2D eigenvalue weighted by atomic mass is 16.5. The van der Waals surface area contributed by atoms with E-state index in [-0.39, 0.29) is 5.41 Å². The molecule has 20 heavy (non-hydrogen) atoms. The van der Waals surface area contributed by atoms with E-state index in [4.69, 9.17) is 4.74 Å². The maximum atomic E-state index is 12.1. The molecule has 0 spiro atoms. The molecule has 0 heterocycles. The molecule has 0 aliphatic heterocycles. The van der Waals surface area contributed by atoms with Gasteiger partial charge in [-0.1, -0.05) is 19.9 Å². The summed E-state index contributed by atoms with van der Waals surface area (Å²) in [4.78, 5) is 12.1. The molecule has 2 atom stereocenters. The number of rotatable bonds is 2. The molecule has 0 saturated heterocycles. The number of carbonyl (C=O) groups excluding carboxylic acids is 1. The average Bonchev–Trinajstić information content (AvgIpc) is 2.72. The van der Waals surface area contributed by atoms with Crippen molar-refractivity contribution in [1.82, 2.24) is 0 Å². The maximum absolute atomic E-state index is 12.1. The van der Waals surface area contributed by atoms with Crippen LogP contribution < -0.4 is 4.74 Å². The average molecular weight is 272 g/mol. The number of carbonyl (C=O) groups is 1. The van der Waals surface area contributed by atoms with Crippen molar-refractivity contribution in [1.29, 1.82) is 0 Å². The fraction of sp³-hybridized carbons (Fsp3) is 0.611. The summed E-state index contributed by atoms with van der Waals surface area (Å²) in [7, 11) is 1.72. The van der Waals surface area contributed by atoms with Gasteiger partial charge in [0.2, 0.25) is 0 Å². The summed E-state index contributed by atoms with van der Waals surface area (Å²) in [6.07, 6.45) is 5.33. The van der Waals surface area contributed by atoms with E-state index >= 15 is 0 Å². The molecule has 0 radical (unpaired) electrons. The quantitative estimate of drug-likeness (QED) is 0.818. The van der Waals surface area contributed by atoms with E-state index in [9.17, 15) is 4.79 Å². The molecule has 1 aromatic carbocycles. The summed E-state index contributed by atoms with van der Waals surface area (Å²) < 4.78 is 5.31. The van der Waals surface area contributed by atoms with Gasteiger partial charge in [0.15, 0.2) is 0 Å². The SMILES string of the molecule is COc1ccc2c(c1)CCC(C1CCC(=O)C1(C)C)C2. The molecule has 2 unspecified atom stereocenters. The lowest BCUT2D eigenvalue weighted by molar-refractivity contribution is -0.126. The van der Waals surface area contributed by atoms with Gasteiger partial charge in [-0.3, -0.25) is 4.79 Å². The Balaban J connectivity index is 1.81. The summed E-state index contributed by atoms with van der Waals surface area (Å²) in [5.41, 5.74) is 2.77. The van der Waals surface area contributed by atoms with E-state index in [2.05, 4.69) is 32.0 Å². The maximum Gasteiger partial charge on any atom is 0.138 e. The van der Waals surface area contributed by atoms with Crippen molar-refractivity contribution in [2.24, 2.45) is 17.3 Å². The Morgan fingerprint density at radius 3 is 2.60 bits per heavy atom. The predicted molar refractivity (Wildman–Crippen MR) is 80.0 cm³/mol. The van der Waals surface area contributed by atoms with Crippen molar-refractivity contribution >= 4 is 5.78 Å². The van der Waals surface area contributed by atoms with Crippen LogP contribution in [0.4, 0.5) is 0 Å². The molecule has 108 valence electrons.